The molecule has 0 aliphatic carbocycles. The zero-order valence-electron chi connectivity index (χ0n) is 16.0. The first kappa shape index (κ1) is 19.6. The van der Waals surface area contributed by atoms with E-state index in [1.165, 1.54) is 34.0 Å². The summed E-state index contributed by atoms with van der Waals surface area (Å²) in [5, 5.41) is 16.5. The molecule has 28 heavy (non-hydrogen) atoms. The molecule has 0 atom stereocenters. The third-order valence-corrected chi connectivity index (χ3v) is 6.75. The van der Waals surface area contributed by atoms with Gasteiger partial charge in [0.1, 0.15) is 11.6 Å². The van der Waals surface area contributed by atoms with Gasteiger partial charge in [-0.15, -0.1) is 33.9 Å². The lowest BCUT2D eigenvalue weighted by atomic mass is 9.95. The van der Waals surface area contributed by atoms with Crippen molar-refractivity contribution in [1.82, 2.24) is 34.8 Å². The SMILES string of the molecule is Cl.Cn1cc(-c2ccc(CN3CCC(c4nnc5n4CCNC5)CC3)s2)cn1. The predicted octanol–water partition coefficient (Wildman–Crippen LogP) is 2.64. The fraction of sp³-hybridized carbons (Fsp3) is 0.526. The highest BCUT2D eigenvalue weighted by Crippen LogP contribution is 2.31. The van der Waals surface area contributed by atoms with Crippen molar-refractivity contribution in [1.29, 1.82) is 0 Å². The van der Waals surface area contributed by atoms with Gasteiger partial charge in [0.15, 0.2) is 0 Å². The Morgan fingerprint density at radius 3 is 2.82 bits per heavy atom. The summed E-state index contributed by atoms with van der Waals surface area (Å²) in [6.45, 7) is 6.18. The fourth-order valence-corrected chi connectivity index (χ4v) is 5.18. The topological polar surface area (TPSA) is 63.8 Å². The molecule has 150 valence electrons. The van der Waals surface area contributed by atoms with Crippen LogP contribution in [0.3, 0.4) is 0 Å². The summed E-state index contributed by atoms with van der Waals surface area (Å²) in [7, 11) is 1.96. The molecule has 7 nitrogen and oxygen atoms in total. The van der Waals surface area contributed by atoms with Crippen molar-refractivity contribution in [2.45, 2.75) is 38.4 Å². The first-order chi connectivity index (χ1) is 13.3. The van der Waals surface area contributed by atoms with Crippen LogP contribution < -0.4 is 5.32 Å². The van der Waals surface area contributed by atoms with Crippen molar-refractivity contribution in [2.24, 2.45) is 7.05 Å². The van der Waals surface area contributed by atoms with Gasteiger partial charge in [0.25, 0.3) is 0 Å². The molecule has 3 aromatic rings. The van der Waals surface area contributed by atoms with Crippen LogP contribution in [0.2, 0.25) is 0 Å². The van der Waals surface area contributed by atoms with Crippen LogP contribution in [0.1, 0.15) is 35.3 Å². The molecule has 1 N–H and O–H groups in total. The molecule has 0 spiro atoms. The normalized spacial score (nSPS) is 18.0. The van der Waals surface area contributed by atoms with Crippen molar-refractivity contribution >= 4 is 23.7 Å². The Balaban J connectivity index is 0.00000192. The second-order valence-electron chi connectivity index (χ2n) is 7.52. The highest BCUT2D eigenvalue weighted by Gasteiger charge is 2.27. The number of nitrogens with one attached hydrogen (secondary N) is 1. The van der Waals surface area contributed by atoms with E-state index in [0.29, 0.717) is 5.92 Å². The van der Waals surface area contributed by atoms with Crippen LogP contribution in [0.25, 0.3) is 10.4 Å². The molecule has 0 amide bonds. The Labute approximate surface area is 175 Å². The van der Waals surface area contributed by atoms with Crippen LogP contribution in [-0.4, -0.2) is 49.1 Å². The number of hydrogen-bond donors (Lipinski definition) is 1. The van der Waals surface area contributed by atoms with Crippen molar-refractivity contribution in [2.75, 3.05) is 19.6 Å². The molecule has 2 aliphatic heterocycles. The Bertz CT molecular complexity index is 923. The second-order valence-corrected chi connectivity index (χ2v) is 8.69. The Morgan fingerprint density at radius 1 is 1.18 bits per heavy atom. The molecular weight excluding hydrogens is 394 g/mol. The number of nitrogens with zero attached hydrogens (tertiary/aromatic N) is 6. The summed E-state index contributed by atoms with van der Waals surface area (Å²) in [5.41, 5.74) is 1.21. The molecule has 5 rings (SSSR count). The minimum atomic E-state index is 0. The number of likely N-dealkylation sites (tertiary alicyclic amines) is 1. The third kappa shape index (κ3) is 3.87. The average Bonchev–Trinajstić information content (AvgIpc) is 3.42. The summed E-state index contributed by atoms with van der Waals surface area (Å²) in [6, 6.07) is 4.49. The Morgan fingerprint density at radius 2 is 2.04 bits per heavy atom. The van der Waals surface area contributed by atoms with Gasteiger partial charge in [-0.05, 0) is 38.1 Å². The van der Waals surface area contributed by atoms with Crippen LogP contribution >= 0.6 is 23.7 Å². The van der Waals surface area contributed by atoms with E-state index in [9.17, 15) is 0 Å². The van der Waals surface area contributed by atoms with Crippen molar-refractivity contribution in [3.63, 3.8) is 0 Å². The molecule has 2 aliphatic rings. The van der Waals surface area contributed by atoms with Gasteiger partial charge in [-0.3, -0.25) is 9.58 Å². The van der Waals surface area contributed by atoms with Crippen LogP contribution in [0.15, 0.2) is 24.5 Å². The summed E-state index contributed by atoms with van der Waals surface area (Å²) in [5.74, 6) is 2.86. The number of thiophene rings is 1. The van der Waals surface area contributed by atoms with Crippen molar-refractivity contribution in [3.8, 4) is 10.4 Å². The number of halogens is 1. The number of piperidine rings is 1. The van der Waals surface area contributed by atoms with Gasteiger partial charge in [-0.25, -0.2) is 0 Å². The summed E-state index contributed by atoms with van der Waals surface area (Å²) >= 11 is 1.88. The van der Waals surface area contributed by atoms with E-state index in [1.807, 2.05) is 29.3 Å². The molecule has 0 bridgehead atoms. The Kier molecular flexibility index (Phi) is 5.82. The van der Waals surface area contributed by atoms with E-state index >= 15 is 0 Å². The van der Waals surface area contributed by atoms with Gasteiger partial charge < -0.3 is 9.88 Å². The maximum absolute atomic E-state index is 4.52. The average molecular weight is 420 g/mol. The number of fused-ring (bicyclic) bond motifs is 1. The molecule has 0 unspecified atom stereocenters. The molecular formula is C19H26ClN7S. The Hall–Kier alpha value is -1.74. The van der Waals surface area contributed by atoms with E-state index in [2.05, 4.69) is 48.4 Å². The summed E-state index contributed by atoms with van der Waals surface area (Å²) in [6.07, 6.45) is 6.37. The highest BCUT2D eigenvalue weighted by atomic mass is 35.5. The second kappa shape index (κ2) is 8.32. The minimum absolute atomic E-state index is 0. The largest absolute Gasteiger partial charge is 0.312 e. The highest BCUT2D eigenvalue weighted by molar-refractivity contribution is 7.15. The standard InChI is InChI=1S/C19H25N7S.ClH/c1-24-12-15(10-21-24)17-3-2-16(27-17)13-25-7-4-14(5-8-25)19-23-22-18-11-20-6-9-26(18)19;/h2-3,10,12,14,20H,4-9,11,13H2,1H3;1H. The minimum Gasteiger partial charge on any atom is -0.312 e. The molecule has 1 fully saturated rings. The molecule has 0 radical (unpaired) electrons. The van der Waals surface area contributed by atoms with Crippen LogP contribution in [0.5, 0.6) is 0 Å². The zero-order chi connectivity index (χ0) is 18.2. The first-order valence-corrected chi connectivity index (χ1v) is 10.5. The van der Waals surface area contributed by atoms with Gasteiger partial charge in [0.05, 0.1) is 12.7 Å². The summed E-state index contributed by atoms with van der Waals surface area (Å²) in [4.78, 5) is 5.31. The van der Waals surface area contributed by atoms with E-state index in [4.69, 9.17) is 0 Å². The third-order valence-electron chi connectivity index (χ3n) is 5.63. The molecule has 5 heterocycles. The quantitative estimate of drug-likeness (QED) is 0.704. The smallest absolute Gasteiger partial charge is 0.147 e. The van der Waals surface area contributed by atoms with Gasteiger partial charge >= 0.3 is 0 Å². The van der Waals surface area contributed by atoms with Crippen LogP contribution in [0.4, 0.5) is 0 Å². The molecule has 0 aromatic carbocycles. The number of rotatable bonds is 4. The van der Waals surface area contributed by atoms with Crippen LogP contribution in [-0.2, 0) is 26.7 Å². The fourth-order valence-electron chi connectivity index (χ4n) is 4.15. The molecule has 1 saturated heterocycles. The lowest BCUT2D eigenvalue weighted by molar-refractivity contribution is 0.201. The van der Waals surface area contributed by atoms with Crippen molar-refractivity contribution in [3.05, 3.63) is 41.1 Å². The monoisotopic (exact) mass is 419 g/mol. The maximum Gasteiger partial charge on any atom is 0.147 e. The predicted molar refractivity (Wildman–Crippen MR) is 113 cm³/mol. The zero-order valence-corrected chi connectivity index (χ0v) is 17.7. The van der Waals surface area contributed by atoms with E-state index in [-0.39, 0.29) is 12.4 Å². The number of aryl methyl sites for hydroxylation is 1. The lowest BCUT2D eigenvalue weighted by Gasteiger charge is -2.31. The number of aromatic nitrogens is 5. The maximum atomic E-state index is 4.52. The van der Waals surface area contributed by atoms with Gasteiger partial charge in [0.2, 0.25) is 0 Å². The molecule has 9 heteroatoms. The lowest BCUT2D eigenvalue weighted by Crippen LogP contribution is -2.34. The van der Waals surface area contributed by atoms with E-state index in [0.717, 1.165) is 45.1 Å². The first-order valence-electron chi connectivity index (χ1n) is 9.69. The van der Waals surface area contributed by atoms with Crippen molar-refractivity contribution < 1.29 is 0 Å². The summed E-state index contributed by atoms with van der Waals surface area (Å²) < 4.78 is 4.20. The molecule has 0 saturated carbocycles. The van der Waals surface area contributed by atoms with Gasteiger partial charge in [-0.2, -0.15) is 5.10 Å². The number of hydrogen-bond acceptors (Lipinski definition) is 6. The van der Waals surface area contributed by atoms with E-state index < -0.39 is 0 Å². The van der Waals surface area contributed by atoms with E-state index in [1.54, 1.807) is 0 Å². The van der Waals surface area contributed by atoms with Gasteiger partial charge in [0, 0.05) is 54.1 Å². The van der Waals surface area contributed by atoms with Crippen LogP contribution in [0, 0.1) is 0 Å². The van der Waals surface area contributed by atoms with Gasteiger partial charge in [-0.1, -0.05) is 0 Å². The molecule has 3 aromatic heterocycles.